The van der Waals surface area contributed by atoms with Crippen molar-refractivity contribution in [3.63, 3.8) is 0 Å². The summed E-state index contributed by atoms with van der Waals surface area (Å²) in [5.74, 6) is 0.867. The van der Waals surface area contributed by atoms with Crippen LogP contribution in [-0.2, 0) is 6.54 Å². The second kappa shape index (κ2) is 6.64. The van der Waals surface area contributed by atoms with Crippen LogP contribution in [-0.4, -0.2) is 65.1 Å². The molecule has 0 saturated carbocycles. The summed E-state index contributed by atoms with van der Waals surface area (Å²) < 4.78 is 0. The van der Waals surface area contributed by atoms with Gasteiger partial charge in [0, 0.05) is 64.2 Å². The van der Waals surface area contributed by atoms with E-state index in [1.54, 1.807) is 0 Å². The Morgan fingerprint density at radius 2 is 1.57 bits per heavy atom. The summed E-state index contributed by atoms with van der Waals surface area (Å²) in [6.07, 6.45) is 3.64. The van der Waals surface area contributed by atoms with Gasteiger partial charge in [0.05, 0.1) is 0 Å². The number of aromatic nitrogens is 2. The molecule has 120 valence electrons. The third-order valence-corrected chi connectivity index (χ3v) is 4.85. The summed E-state index contributed by atoms with van der Waals surface area (Å²) in [4.78, 5) is 16.2. The van der Waals surface area contributed by atoms with E-state index in [0.29, 0.717) is 0 Å². The van der Waals surface area contributed by atoms with Crippen LogP contribution in [0.25, 0.3) is 0 Å². The lowest BCUT2D eigenvalue weighted by Crippen LogP contribution is -2.62. The number of piperazine rings is 1. The predicted molar refractivity (Wildman–Crippen MR) is 91.3 cm³/mol. The zero-order chi connectivity index (χ0) is 15.5. The van der Waals surface area contributed by atoms with E-state index >= 15 is 0 Å². The minimum Gasteiger partial charge on any atom is -0.338 e. The van der Waals surface area contributed by atoms with Crippen molar-refractivity contribution >= 4 is 5.95 Å². The summed E-state index contributed by atoms with van der Waals surface area (Å²) in [5, 5.41) is 0. The molecule has 5 nitrogen and oxygen atoms in total. The van der Waals surface area contributed by atoms with E-state index in [2.05, 4.69) is 55.0 Å². The van der Waals surface area contributed by atoms with Gasteiger partial charge in [0.15, 0.2) is 0 Å². The number of benzene rings is 1. The van der Waals surface area contributed by atoms with Crippen molar-refractivity contribution in [3.05, 3.63) is 54.4 Å². The number of hydrogen-bond donors (Lipinski definition) is 0. The molecule has 2 saturated heterocycles. The van der Waals surface area contributed by atoms with Crippen LogP contribution in [0.1, 0.15) is 5.56 Å². The zero-order valence-corrected chi connectivity index (χ0v) is 13.4. The Hall–Kier alpha value is -1.98. The molecular formula is C18H23N5. The summed E-state index contributed by atoms with van der Waals surface area (Å²) in [5.41, 5.74) is 1.41. The first kappa shape index (κ1) is 14.6. The van der Waals surface area contributed by atoms with Crippen molar-refractivity contribution in [2.75, 3.05) is 44.2 Å². The highest BCUT2D eigenvalue weighted by Gasteiger charge is 2.33. The molecule has 1 aromatic carbocycles. The van der Waals surface area contributed by atoms with Gasteiger partial charge in [-0.2, -0.15) is 0 Å². The van der Waals surface area contributed by atoms with E-state index in [-0.39, 0.29) is 0 Å². The molecule has 2 aromatic rings. The molecule has 0 amide bonds. The lowest BCUT2D eigenvalue weighted by atomic mass is 10.0. The minimum absolute atomic E-state index is 0.720. The molecule has 0 N–H and O–H groups in total. The SMILES string of the molecule is c1ccc(CN2CC(N3CCN(c4ncccn4)CC3)C2)cc1. The Bertz CT molecular complexity index is 604. The van der Waals surface area contributed by atoms with Gasteiger partial charge in [0.1, 0.15) is 0 Å². The van der Waals surface area contributed by atoms with Gasteiger partial charge in [-0.15, -0.1) is 0 Å². The van der Waals surface area contributed by atoms with Crippen LogP contribution < -0.4 is 4.90 Å². The molecule has 5 heteroatoms. The third-order valence-electron chi connectivity index (χ3n) is 4.85. The maximum Gasteiger partial charge on any atom is 0.225 e. The zero-order valence-electron chi connectivity index (χ0n) is 13.4. The van der Waals surface area contributed by atoms with Gasteiger partial charge in [-0.25, -0.2) is 9.97 Å². The number of nitrogens with zero attached hydrogens (tertiary/aromatic N) is 5. The van der Waals surface area contributed by atoms with Crippen molar-refractivity contribution in [3.8, 4) is 0 Å². The third kappa shape index (κ3) is 3.35. The summed E-state index contributed by atoms with van der Waals surface area (Å²) in [6, 6.07) is 13.3. The van der Waals surface area contributed by atoms with Crippen LogP contribution in [0, 0.1) is 0 Å². The van der Waals surface area contributed by atoms with Gasteiger partial charge >= 0.3 is 0 Å². The van der Waals surface area contributed by atoms with Gasteiger partial charge in [0.25, 0.3) is 0 Å². The fourth-order valence-electron chi connectivity index (χ4n) is 3.49. The molecule has 2 aliphatic rings. The monoisotopic (exact) mass is 309 g/mol. The van der Waals surface area contributed by atoms with Crippen molar-refractivity contribution in [2.45, 2.75) is 12.6 Å². The van der Waals surface area contributed by atoms with Gasteiger partial charge in [-0.3, -0.25) is 9.80 Å². The van der Waals surface area contributed by atoms with Crippen LogP contribution in [0.3, 0.4) is 0 Å². The van der Waals surface area contributed by atoms with Gasteiger partial charge < -0.3 is 4.90 Å². The second-order valence-corrected chi connectivity index (χ2v) is 6.41. The van der Waals surface area contributed by atoms with Crippen LogP contribution in [0.15, 0.2) is 48.8 Å². The molecule has 4 rings (SSSR count). The predicted octanol–water partition coefficient (Wildman–Crippen LogP) is 1.48. The van der Waals surface area contributed by atoms with Crippen molar-refractivity contribution in [1.82, 2.24) is 19.8 Å². The molecule has 0 aliphatic carbocycles. The quantitative estimate of drug-likeness (QED) is 0.855. The molecule has 23 heavy (non-hydrogen) atoms. The molecule has 0 radical (unpaired) electrons. The topological polar surface area (TPSA) is 35.5 Å². The molecule has 0 bridgehead atoms. The maximum absolute atomic E-state index is 4.35. The van der Waals surface area contributed by atoms with E-state index < -0.39 is 0 Å². The Morgan fingerprint density at radius 1 is 0.870 bits per heavy atom. The first-order valence-corrected chi connectivity index (χ1v) is 8.41. The van der Waals surface area contributed by atoms with Crippen LogP contribution in [0.5, 0.6) is 0 Å². The lowest BCUT2D eigenvalue weighted by molar-refractivity contribution is 0.0255. The van der Waals surface area contributed by atoms with Crippen molar-refractivity contribution < 1.29 is 0 Å². The van der Waals surface area contributed by atoms with Crippen LogP contribution in [0.2, 0.25) is 0 Å². The fourth-order valence-corrected chi connectivity index (χ4v) is 3.49. The number of rotatable bonds is 4. The average molecular weight is 309 g/mol. The number of hydrogen-bond acceptors (Lipinski definition) is 5. The van der Waals surface area contributed by atoms with Crippen LogP contribution in [0.4, 0.5) is 5.95 Å². The highest BCUT2D eigenvalue weighted by atomic mass is 15.4. The molecule has 2 aliphatic heterocycles. The Kier molecular flexibility index (Phi) is 4.22. The first-order valence-electron chi connectivity index (χ1n) is 8.41. The fraction of sp³-hybridized carbons (Fsp3) is 0.444. The van der Waals surface area contributed by atoms with Gasteiger partial charge in [-0.05, 0) is 11.6 Å². The van der Waals surface area contributed by atoms with E-state index in [1.807, 2.05) is 18.5 Å². The molecule has 0 unspecified atom stereocenters. The van der Waals surface area contributed by atoms with Crippen LogP contribution >= 0.6 is 0 Å². The Balaban J connectivity index is 1.23. The largest absolute Gasteiger partial charge is 0.338 e. The van der Waals surface area contributed by atoms with Crippen molar-refractivity contribution in [2.24, 2.45) is 0 Å². The highest BCUT2D eigenvalue weighted by molar-refractivity contribution is 5.29. The molecule has 0 spiro atoms. The Labute approximate surface area is 137 Å². The first-order chi connectivity index (χ1) is 11.4. The van der Waals surface area contributed by atoms with E-state index in [9.17, 15) is 0 Å². The smallest absolute Gasteiger partial charge is 0.225 e. The second-order valence-electron chi connectivity index (χ2n) is 6.41. The molecule has 1 aromatic heterocycles. The number of anilines is 1. The molecule has 3 heterocycles. The normalized spacial score (nSPS) is 20.4. The highest BCUT2D eigenvalue weighted by Crippen LogP contribution is 2.20. The maximum atomic E-state index is 4.35. The molecule has 2 fully saturated rings. The van der Waals surface area contributed by atoms with Crippen molar-refractivity contribution in [1.29, 1.82) is 0 Å². The standard InChI is InChI=1S/C18H23N5/c1-2-5-16(6-3-1)13-21-14-17(15-21)22-9-11-23(12-10-22)18-19-7-4-8-20-18/h1-8,17H,9-15H2. The van der Waals surface area contributed by atoms with E-state index in [1.165, 1.54) is 18.7 Å². The van der Waals surface area contributed by atoms with E-state index in [0.717, 1.165) is 44.7 Å². The number of likely N-dealkylation sites (tertiary alicyclic amines) is 1. The van der Waals surface area contributed by atoms with E-state index in [4.69, 9.17) is 0 Å². The minimum atomic E-state index is 0.720. The molecule has 0 atom stereocenters. The van der Waals surface area contributed by atoms with Gasteiger partial charge in [-0.1, -0.05) is 30.3 Å². The summed E-state index contributed by atoms with van der Waals surface area (Å²) in [7, 11) is 0. The lowest BCUT2D eigenvalue weighted by Gasteiger charge is -2.48. The van der Waals surface area contributed by atoms with Gasteiger partial charge in [0.2, 0.25) is 5.95 Å². The average Bonchev–Trinajstić information content (AvgIpc) is 2.60. The summed E-state index contributed by atoms with van der Waals surface area (Å²) >= 11 is 0. The summed E-state index contributed by atoms with van der Waals surface area (Å²) in [6.45, 7) is 7.74. The molecular weight excluding hydrogens is 286 g/mol. The Morgan fingerprint density at radius 3 is 2.26 bits per heavy atom.